The Kier molecular flexibility index (Phi) is 5.56. The summed E-state index contributed by atoms with van der Waals surface area (Å²) in [6, 6.07) is 11.9. The van der Waals surface area contributed by atoms with Crippen molar-refractivity contribution in [2.75, 3.05) is 6.54 Å². The average Bonchev–Trinajstić information content (AvgIpc) is 3.14. The van der Waals surface area contributed by atoms with Crippen molar-refractivity contribution >= 4 is 17.1 Å². The molecule has 2 heterocycles. The van der Waals surface area contributed by atoms with E-state index in [1.807, 2.05) is 22.8 Å². The minimum absolute atomic E-state index is 0.0958. The van der Waals surface area contributed by atoms with Crippen molar-refractivity contribution in [3.8, 4) is 0 Å². The number of pyridine rings is 1. The lowest BCUT2D eigenvalue weighted by molar-refractivity contribution is -0.0452. The molecule has 0 spiro atoms. The summed E-state index contributed by atoms with van der Waals surface area (Å²) in [5, 5.41) is 2.86. The molecule has 0 saturated heterocycles. The summed E-state index contributed by atoms with van der Waals surface area (Å²) in [5.41, 5.74) is 3.09. The highest BCUT2D eigenvalue weighted by atomic mass is 19.3. The molecule has 1 aromatic carbocycles. The smallest absolute Gasteiger partial charge is 0.252 e. The van der Waals surface area contributed by atoms with Gasteiger partial charge in [-0.05, 0) is 36.8 Å². The molecule has 152 valence electrons. The van der Waals surface area contributed by atoms with Crippen LogP contribution in [-0.2, 0) is 13.0 Å². The molecule has 2 aromatic heterocycles. The fraction of sp³-hybridized carbons (Fsp3) is 0.409. The van der Waals surface area contributed by atoms with Gasteiger partial charge < -0.3 is 9.88 Å². The van der Waals surface area contributed by atoms with Gasteiger partial charge in [-0.3, -0.25) is 4.79 Å². The summed E-state index contributed by atoms with van der Waals surface area (Å²) in [6.07, 6.45) is 4.85. The number of aryl methyl sites for hydroxylation is 2. The number of imidazole rings is 1. The van der Waals surface area contributed by atoms with Gasteiger partial charge in [0.25, 0.3) is 5.91 Å². The number of carbonyl (C=O) groups is 1. The molecule has 0 atom stereocenters. The highest BCUT2D eigenvalue weighted by molar-refractivity contribution is 5.96. The minimum Gasteiger partial charge on any atom is -0.352 e. The van der Waals surface area contributed by atoms with E-state index >= 15 is 0 Å². The number of hydrogen-bond acceptors (Lipinski definition) is 3. The number of benzene rings is 1. The monoisotopic (exact) mass is 398 g/mol. The predicted octanol–water partition coefficient (Wildman–Crippen LogP) is 4.23. The third-order valence-corrected chi connectivity index (χ3v) is 5.59. The second-order valence-corrected chi connectivity index (χ2v) is 7.75. The van der Waals surface area contributed by atoms with Gasteiger partial charge in [-0.25, -0.2) is 18.7 Å². The maximum atomic E-state index is 13.2. The van der Waals surface area contributed by atoms with Gasteiger partial charge in [-0.1, -0.05) is 30.3 Å². The molecule has 0 radical (unpaired) electrons. The van der Waals surface area contributed by atoms with Crippen molar-refractivity contribution in [1.82, 2.24) is 19.9 Å². The van der Waals surface area contributed by atoms with E-state index in [-0.39, 0.29) is 24.7 Å². The normalized spacial score (nSPS) is 16.8. The summed E-state index contributed by atoms with van der Waals surface area (Å²) < 4.78 is 28.5. The van der Waals surface area contributed by atoms with Gasteiger partial charge in [0.05, 0.1) is 11.9 Å². The van der Waals surface area contributed by atoms with Crippen molar-refractivity contribution in [2.45, 2.75) is 44.6 Å². The second-order valence-electron chi connectivity index (χ2n) is 7.75. The van der Waals surface area contributed by atoms with E-state index in [9.17, 15) is 13.6 Å². The molecular weight excluding hydrogens is 374 g/mol. The predicted molar refractivity (Wildman–Crippen MR) is 107 cm³/mol. The zero-order valence-electron chi connectivity index (χ0n) is 16.2. The van der Waals surface area contributed by atoms with Gasteiger partial charge in [0.15, 0.2) is 5.65 Å². The Morgan fingerprint density at radius 1 is 1.17 bits per heavy atom. The maximum absolute atomic E-state index is 13.2. The van der Waals surface area contributed by atoms with Gasteiger partial charge in [0.2, 0.25) is 5.92 Å². The second kappa shape index (κ2) is 8.27. The Hall–Kier alpha value is -2.83. The number of aromatic nitrogens is 3. The summed E-state index contributed by atoms with van der Waals surface area (Å²) >= 11 is 0. The fourth-order valence-corrected chi connectivity index (χ4v) is 3.77. The molecular formula is C22H24F2N4O. The molecule has 4 rings (SSSR count). The van der Waals surface area contributed by atoms with Crippen LogP contribution in [0, 0.1) is 5.92 Å². The number of hydrogen-bond donors (Lipinski definition) is 1. The van der Waals surface area contributed by atoms with E-state index in [0.29, 0.717) is 30.5 Å². The van der Waals surface area contributed by atoms with Crippen LogP contribution in [0.15, 0.2) is 48.9 Å². The number of amides is 1. The van der Waals surface area contributed by atoms with Gasteiger partial charge in [0.1, 0.15) is 5.52 Å². The zero-order chi connectivity index (χ0) is 20.3. The van der Waals surface area contributed by atoms with E-state index in [1.165, 1.54) is 5.56 Å². The van der Waals surface area contributed by atoms with Crippen LogP contribution in [0.4, 0.5) is 8.78 Å². The van der Waals surface area contributed by atoms with E-state index < -0.39 is 5.92 Å². The standard InChI is InChI=1S/C22H24F2N4O/c23-22(24)9-6-17(7-10-22)13-26-21(29)18-12-19-20(25-14-18)28(15-27-19)11-8-16-4-2-1-3-5-16/h1-5,12,14-15,17H,6-11,13H2,(H,26,29). The fourth-order valence-electron chi connectivity index (χ4n) is 3.77. The Morgan fingerprint density at radius 2 is 1.93 bits per heavy atom. The first-order valence-corrected chi connectivity index (χ1v) is 10.0. The topological polar surface area (TPSA) is 59.8 Å². The number of rotatable bonds is 6. The quantitative estimate of drug-likeness (QED) is 0.676. The van der Waals surface area contributed by atoms with Crippen LogP contribution >= 0.6 is 0 Å². The number of halogens is 2. The molecule has 5 nitrogen and oxygen atoms in total. The maximum Gasteiger partial charge on any atom is 0.252 e. The summed E-state index contributed by atoms with van der Waals surface area (Å²) in [6.45, 7) is 1.17. The molecule has 0 unspecified atom stereocenters. The average molecular weight is 398 g/mol. The van der Waals surface area contributed by atoms with Crippen molar-refractivity contribution in [3.63, 3.8) is 0 Å². The summed E-state index contributed by atoms with van der Waals surface area (Å²) in [5.74, 6) is -2.68. The number of nitrogens with zero attached hydrogens (tertiary/aromatic N) is 3. The lowest BCUT2D eigenvalue weighted by atomic mass is 9.87. The lowest BCUT2D eigenvalue weighted by Crippen LogP contribution is -2.33. The van der Waals surface area contributed by atoms with Gasteiger partial charge >= 0.3 is 0 Å². The van der Waals surface area contributed by atoms with Gasteiger partial charge in [-0.15, -0.1) is 0 Å². The first-order chi connectivity index (χ1) is 14.0. The third-order valence-electron chi connectivity index (χ3n) is 5.59. The summed E-state index contributed by atoms with van der Waals surface area (Å²) in [4.78, 5) is 21.2. The van der Waals surface area contributed by atoms with Crippen molar-refractivity contribution in [1.29, 1.82) is 0 Å². The number of fused-ring (bicyclic) bond motifs is 1. The van der Waals surface area contributed by atoms with Gasteiger partial charge in [0, 0.05) is 32.1 Å². The minimum atomic E-state index is -2.55. The Labute approximate surface area is 168 Å². The first kappa shape index (κ1) is 19.5. The van der Waals surface area contributed by atoms with Gasteiger partial charge in [-0.2, -0.15) is 0 Å². The Morgan fingerprint density at radius 3 is 2.69 bits per heavy atom. The first-order valence-electron chi connectivity index (χ1n) is 10.0. The Balaban J connectivity index is 1.36. The van der Waals surface area contributed by atoms with Crippen LogP contribution in [0.1, 0.15) is 41.6 Å². The van der Waals surface area contributed by atoms with Crippen LogP contribution in [0.3, 0.4) is 0 Å². The molecule has 1 N–H and O–H groups in total. The number of carbonyl (C=O) groups excluding carboxylic acids is 1. The number of alkyl halides is 2. The van der Waals surface area contributed by atoms with E-state index in [0.717, 1.165) is 18.6 Å². The highest BCUT2D eigenvalue weighted by Crippen LogP contribution is 2.35. The van der Waals surface area contributed by atoms with Crippen molar-refractivity contribution in [3.05, 3.63) is 60.0 Å². The van der Waals surface area contributed by atoms with Crippen LogP contribution in [-0.4, -0.2) is 32.9 Å². The molecule has 1 amide bonds. The largest absolute Gasteiger partial charge is 0.352 e. The Bertz CT molecular complexity index is 977. The molecule has 1 aliphatic rings. The highest BCUT2D eigenvalue weighted by Gasteiger charge is 2.34. The van der Waals surface area contributed by atoms with E-state index in [2.05, 4.69) is 27.4 Å². The summed E-state index contributed by atoms with van der Waals surface area (Å²) in [7, 11) is 0. The molecule has 1 fully saturated rings. The lowest BCUT2D eigenvalue weighted by Gasteiger charge is -2.28. The van der Waals surface area contributed by atoms with Crippen LogP contribution < -0.4 is 5.32 Å². The molecule has 3 aromatic rings. The molecule has 7 heteroatoms. The zero-order valence-corrected chi connectivity index (χ0v) is 16.2. The number of nitrogens with one attached hydrogen (secondary N) is 1. The molecule has 1 aliphatic carbocycles. The van der Waals surface area contributed by atoms with Crippen molar-refractivity contribution < 1.29 is 13.6 Å². The molecule has 1 saturated carbocycles. The molecule has 29 heavy (non-hydrogen) atoms. The van der Waals surface area contributed by atoms with Crippen molar-refractivity contribution in [2.24, 2.45) is 5.92 Å². The van der Waals surface area contributed by atoms with Crippen LogP contribution in [0.5, 0.6) is 0 Å². The SMILES string of the molecule is O=C(NCC1CCC(F)(F)CC1)c1cnc2c(c1)ncn2CCc1ccccc1. The van der Waals surface area contributed by atoms with Crippen LogP contribution in [0.2, 0.25) is 0 Å². The third kappa shape index (κ3) is 4.78. The molecule has 0 bridgehead atoms. The molecule has 0 aliphatic heterocycles. The van der Waals surface area contributed by atoms with Crippen LogP contribution in [0.25, 0.3) is 11.2 Å². The van der Waals surface area contributed by atoms with E-state index in [1.54, 1.807) is 18.6 Å². The van der Waals surface area contributed by atoms with E-state index in [4.69, 9.17) is 0 Å².